The number of hydrogen-bond acceptors (Lipinski definition) is 6. The van der Waals surface area contributed by atoms with Gasteiger partial charge in [-0.25, -0.2) is 0 Å². The van der Waals surface area contributed by atoms with Crippen LogP contribution in [0.25, 0.3) is 0 Å². The number of esters is 1. The van der Waals surface area contributed by atoms with Crippen LogP contribution in [-0.4, -0.2) is 42.5 Å². The third-order valence-corrected chi connectivity index (χ3v) is 6.27. The van der Waals surface area contributed by atoms with E-state index in [-0.39, 0.29) is 12.0 Å². The topological polar surface area (TPSA) is 88.0 Å². The summed E-state index contributed by atoms with van der Waals surface area (Å²) in [5.41, 5.74) is 2.73. The Kier molecular flexibility index (Phi) is 13.0. The van der Waals surface area contributed by atoms with E-state index >= 15 is 0 Å². The van der Waals surface area contributed by atoms with Crippen LogP contribution in [0.1, 0.15) is 82.1 Å². The van der Waals surface area contributed by atoms with Crippen LogP contribution in [0.4, 0.5) is 0 Å². The summed E-state index contributed by atoms with van der Waals surface area (Å²) >= 11 is 0. The van der Waals surface area contributed by atoms with Crippen molar-refractivity contribution < 1.29 is 24.5 Å². The van der Waals surface area contributed by atoms with E-state index in [2.05, 4.69) is 49.5 Å². The zero-order chi connectivity index (χ0) is 25.5. The molecular weight excluding hydrogens is 442 g/mol. The molecule has 0 aliphatic carbocycles. The Labute approximate surface area is 210 Å². The van der Waals surface area contributed by atoms with Crippen LogP contribution in [0.3, 0.4) is 0 Å². The monoisotopic (exact) mass is 485 g/mol. The smallest absolute Gasteiger partial charge is 0.308 e. The van der Waals surface area contributed by atoms with Gasteiger partial charge >= 0.3 is 5.97 Å². The van der Waals surface area contributed by atoms with Gasteiger partial charge in [0.2, 0.25) is 0 Å². The lowest BCUT2D eigenvalue weighted by Gasteiger charge is -2.25. The van der Waals surface area contributed by atoms with E-state index in [4.69, 9.17) is 9.47 Å². The Morgan fingerprint density at radius 3 is 2.43 bits per heavy atom. The molecule has 194 valence electrons. The van der Waals surface area contributed by atoms with E-state index in [1.165, 1.54) is 12.5 Å². The minimum absolute atomic E-state index is 0.180. The van der Waals surface area contributed by atoms with Crippen LogP contribution in [0.15, 0.2) is 48.5 Å². The van der Waals surface area contributed by atoms with E-state index in [9.17, 15) is 15.0 Å². The number of carbonyl (C=O) groups excluding carboxylic acids is 1. The molecule has 2 rings (SSSR count). The molecule has 2 aromatic rings. The summed E-state index contributed by atoms with van der Waals surface area (Å²) in [6.07, 6.45) is 5.88. The van der Waals surface area contributed by atoms with Gasteiger partial charge in [0.25, 0.3) is 0 Å². The van der Waals surface area contributed by atoms with Crippen LogP contribution < -0.4 is 10.1 Å². The lowest BCUT2D eigenvalue weighted by molar-refractivity contribution is -0.131. The van der Waals surface area contributed by atoms with Crippen molar-refractivity contribution in [3.8, 4) is 5.75 Å². The summed E-state index contributed by atoms with van der Waals surface area (Å²) in [4.78, 5) is 11.1. The molecule has 0 amide bonds. The maximum atomic E-state index is 11.1. The zero-order valence-corrected chi connectivity index (χ0v) is 21.6. The van der Waals surface area contributed by atoms with Crippen molar-refractivity contribution in [2.24, 2.45) is 0 Å². The fourth-order valence-electron chi connectivity index (χ4n) is 4.10. The predicted molar refractivity (Wildman–Crippen MR) is 139 cm³/mol. The molecule has 2 aromatic carbocycles. The number of aliphatic hydroxyl groups excluding tert-OH is 2. The number of ether oxygens (including phenoxy) is 2. The number of hydrogen-bond donors (Lipinski definition) is 3. The van der Waals surface area contributed by atoms with E-state index in [1.807, 2.05) is 0 Å². The quantitative estimate of drug-likeness (QED) is 0.165. The first-order chi connectivity index (χ1) is 16.8. The van der Waals surface area contributed by atoms with Gasteiger partial charge < -0.3 is 25.0 Å². The van der Waals surface area contributed by atoms with Gasteiger partial charge in [0.15, 0.2) is 0 Å². The summed E-state index contributed by atoms with van der Waals surface area (Å²) < 4.78 is 10.9. The van der Waals surface area contributed by atoms with Crippen molar-refractivity contribution in [2.75, 3.05) is 26.3 Å². The van der Waals surface area contributed by atoms with Gasteiger partial charge in [0.05, 0.1) is 12.7 Å². The van der Waals surface area contributed by atoms with Gasteiger partial charge in [-0.05, 0) is 60.9 Å². The van der Waals surface area contributed by atoms with E-state index in [0.717, 1.165) is 58.3 Å². The summed E-state index contributed by atoms with van der Waals surface area (Å²) in [6, 6.07) is 15.7. The Morgan fingerprint density at radius 1 is 1.00 bits per heavy atom. The van der Waals surface area contributed by atoms with Crippen LogP contribution in [0.2, 0.25) is 0 Å². The molecule has 0 aromatic heterocycles. The Morgan fingerprint density at radius 2 is 1.71 bits per heavy atom. The number of benzene rings is 2. The average Bonchev–Trinajstić information content (AvgIpc) is 2.85. The highest BCUT2D eigenvalue weighted by atomic mass is 16.5. The fraction of sp³-hybridized carbons (Fsp3) is 0.552. The Balaban J connectivity index is 1.49. The molecule has 0 saturated carbocycles. The summed E-state index contributed by atoms with van der Waals surface area (Å²) in [5, 5.41) is 23.2. The second kappa shape index (κ2) is 15.7. The highest BCUT2D eigenvalue weighted by Gasteiger charge is 2.19. The molecular formula is C29H43NO5. The lowest BCUT2D eigenvalue weighted by atomic mass is 9.81. The highest BCUT2D eigenvalue weighted by molar-refractivity contribution is 5.69. The number of nitrogens with one attached hydrogen (secondary N) is 1. The molecule has 0 aliphatic heterocycles. The number of rotatable bonds is 17. The van der Waals surface area contributed by atoms with Crippen molar-refractivity contribution in [1.82, 2.24) is 5.32 Å². The van der Waals surface area contributed by atoms with Gasteiger partial charge in [-0.2, -0.15) is 0 Å². The van der Waals surface area contributed by atoms with Gasteiger partial charge in [0.1, 0.15) is 5.75 Å². The van der Waals surface area contributed by atoms with Crippen LogP contribution in [0, 0.1) is 0 Å². The fourth-order valence-corrected chi connectivity index (χ4v) is 4.10. The maximum Gasteiger partial charge on any atom is 0.308 e. The third-order valence-electron chi connectivity index (χ3n) is 6.27. The van der Waals surface area contributed by atoms with Gasteiger partial charge in [-0.1, -0.05) is 63.1 Å². The van der Waals surface area contributed by atoms with E-state index < -0.39 is 12.1 Å². The van der Waals surface area contributed by atoms with Crippen LogP contribution in [-0.2, 0) is 21.6 Å². The molecule has 0 fully saturated rings. The third kappa shape index (κ3) is 10.9. The molecule has 6 nitrogen and oxygen atoms in total. The minimum atomic E-state index is -0.688. The molecule has 0 spiro atoms. The van der Waals surface area contributed by atoms with Gasteiger partial charge in [-0.3, -0.25) is 4.79 Å². The summed E-state index contributed by atoms with van der Waals surface area (Å²) in [5.74, 6) is -0.118. The van der Waals surface area contributed by atoms with Crippen LogP contribution in [0.5, 0.6) is 5.75 Å². The summed E-state index contributed by atoms with van der Waals surface area (Å²) in [7, 11) is 0. The molecule has 6 heteroatoms. The van der Waals surface area contributed by atoms with Crippen molar-refractivity contribution in [3.63, 3.8) is 0 Å². The first-order valence-electron chi connectivity index (χ1n) is 12.8. The van der Waals surface area contributed by atoms with Crippen LogP contribution >= 0.6 is 0 Å². The molecule has 0 heterocycles. The number of unbranched alkanes of at least 4 members (excludes halogenated alkanes) is 3. The number of carbonyl (C=O) groups is 1. The largest absolute Gasteiger partial charge is 0.426 e. The van der Waals surface area contributed by atoms with Crippen molar-refractivity contribution in [3.05, 3.63) is 65.2 Å². The maximum absolute atomic E-state index is 11.1. The normalized spacial score (nSPS) is 12.5. The Hall–Kier alpha value is -2.25. The van der Waals surface area contributed by atoms with Gasteiger partial charge in [0, 0.05) is 32.2 Å². The molecule has 1 atom stereocenters. The van der Waals surface area contributed by atoms with Crippen molar-refractivity contribution >= 4 is 5.97 Å². The highest BCUT2D eigenvalue weighted by Crippen LogP contribution is 2.28. The SMILES string of the molecule is CC(=O)Oc1ccc([C@@H](O)CNCCCCCCOCCCC(C)(C)c2ccccc2)cc1CO. The van der Waals surface area contributed by atoms with E-state index in [1.54, 1.807) is 18.2 Å². The molecule has 0 aliphatic rings. The molecule has 0 radical (unpaired) electrons. The zero-order valence-electron chi connectivity index (χ0n) is 21.6. The van der Waals surface area contributed by atoms with Gasteiger partial charge in [-0.15, -0.1) is 0 Å². The summed E-state index contributed by atoms with van der Waals surface area (Å²) in [6.45, 7) is 8.54. The predicted octanol–water partition coefficient (Wildman–Crippen LogP) is 5.06. The second-order valence-electron chi connectivity index (χ2n) is 9.72. The molecule has 35 heavy (non-hydrogen) atoms. The second-order valence-corrected chi connectivity index (χ2v) is 9.72. The molecule has 0 saturated heterocycles. The Bertz CT molecular complexity index is 869. The minimum Gasteiger partial charge on any atom is -0.426 e. The molecule has 0 unspecified atom stereocenters. The van der Waals surface area contributed by atoms with Crippen molar-refractivity contribution in [2.45, 2.75) is 77.4 Å². The first-order valence-corrected chi connectivity index (χ1v) is 12.8. The lowest BCUT2D eigenvalue weighted by Crippen LogP contribution is -2.22. The average molecular weight is 486 g/mol. The van der Waals surface area contributed by atoms with E-state index in [0.29, 0.717) is 23.4 Å². The first kappa shape index (κ1) is 29.0. The number of aliphatic hydroxyl groups is 2. The molecule has 3 N–H and O–H groups in total. The standard InChI is InChI=1S/C29H43NO5/c1-23(32)35-28-15-14-24(20-25(28)22-31)27(33)21-30-17-9-4-5-10-18-34-19-11-16-29(2,3)26-12-7-6-8-13-26/h6-8,12-15,20,27,30-31,33H,4-5,9-11,16-19,21-22H2,1-3H3/t27-/m0/s1. The van der Waals surface area contributed by atoms with Crippen molar-refractivity contribution in [1.29, 1.82) is 0 Å². The molecule has 0 bridgehead atoms.